The first kappa shape index (κ1) is 35.0. The number of hydrogen-bond donors (Lipinski definition) is 0. The quantitative estimate of drug-likeness (QED) is 0.233. The Hall–Kier alpha value is -1.15. The molecular formula is C38H54SiTi. The number of fused-ring (bicyclic) bond motifs is 2. The molecule has 0 saturated carbocycles. The molecule has 2 atom stereocenters. The molecule has 0 amide bonds. The molecule has 1 fully saturated rings. The van der Waals surface area contributed by atoms with Crippen LogP contribution in [0.5, 0.6) is 0 Å². The molecule has 2 radical (unpaired) electrons. The van der Waals surface area contributed by atoms with Gasteiger partial charge in [-0.1, -0.05) is 139 Å². The van der Waals surface area contributed by atoms with Gasteiger partial charge in [0.15, 0.2) is 0 Å². The molecule has 40 heavy (non-hydrogen) atoms. The third kappa shape index (κ3) is 7.43. The molecule has 2 aromatic rings. The summed E-state index contributed by atoms with van der Waals surface area (Å²) >= 11 is 0. The van der Waals surface area contributed by atoms with Gasteiger partial charge in [0.25, 0.3) is 0 Å². The molecule has 5 rings (SSSR count). The molecule has 3 aliphatic rings. The standard InChI is InChI=1S/C33H43.C4H8Si.CH3.Ti/c1-18(2)24-13-26(20(5)6)30-11-22(9)28(32(30)15-24)17-29-23(10)12-31-27(21(7)8)14-25(19(3)4)16-33(29)31;1-2-4-5-3-1;;/h11-21,28-29H,1-10H3;1-4H2;1H3;/q-1;;-1;+2. The summed E-state index contributed by atoms with van der Waals surface area (Å²) in [5, 5.41) is 0. The molecule has 2 unspecified atom stereocenters. The third-order valence-corrected chi connectivity index (χ3v) is 10.3. The van der Waals surface area contributed by atoms with Crippen LogP contribution in [-0.4, -0.2) is 9.52 Å². The molecule has 0 spiro atoms. The first-order chi connectivity index (χ1) is 18.0. The minimum atomic E-state index is 0. The van der Waals surface area contributed by atoms with Gasteiger partial charge in [-0.05, 0) is 70.9 Å². The summed E-state index contributed by atoms with van der Waals surface area (Å²) in [6, 6.07) is 13.0. The van der Waals surface area contributed by atoms with Crippen molar-refractivity contribution in [3.05, 3.63) is 93.8 Å². The van der Waals surface area contributed by atoms with Crippen LogP contribution in [0.4, 0.5) is 0 Å². The van der Waals surface area contributed by atoms with Gasteiger partial charge >= 0.3 is 21.7 Å². The van der Waals surface area contributed by atoms with E-state index >= 15 is 0 Å². The van der Waals surface area contributed by atoms with Crippen LogP contribution in [0.2, 0.25) is 12.1 Å². The van der Waals surface area contributed by atoms with Crippen molar-refractivity contribution in [2.75, 3.05) is 0 Å². The average molecular weight is 587 g/mol. The zero-order valence-electron chi connectivity index (χ0n) is 27.3. The summed E-state index contributed by atoms with van der Waals surface area (Å²) in [7, 11) is 1.31. The Labute approximate surface area is 265 Å². The smallest absolute Gasteiger partial charge is 0.358 e. The minimum absolute atomic E-state index is 0. The van der Waals surface area contributed by atoms with Crippen molar-refractivity contribution in [1.29, 1.82) is 0 Å². The second-order valence-corrected chi connectivity index (χ2v) is 14.7. The molecule has 214 valence electrons. The van der Waals surface area contributed by atoms with Gasteiger partial charge in [-0.3, -0.25) is 0 Å². The number of allylic oxidation sites excluding steroid dienone is 2. The summed E-state index contributed by atoms with van der Waals surface area (Å²) < 4.78 is 0. The number of rotatable bonds is 6. The summed E-state index contributed by atoms with van der Waals surface area (Å²) in [5.74, 6) is 2.95. The van der Waals surface area contributed by atoms with Crippen LogP contribution >= 0.6 is 0 Å². The second-order valence-electron chi connectivity index (χ2n) is 13.2. The van der Waals surface area contributed by atoms with Crippen molar-refractivity contribution < 1.29 is 21.7 Å². The summed E-state index contributed by atoms with van der Waals surface area (Å²) in [4.78, 5) is 0. The summed E-state index contributed by atoms with van der Waals surface area (Å²) in [5.41, 5.74) is 14.9. The van der Waals surface area contributed by atoms with Gasteiger partial charge in [-0.2, -0.15) is 0 Å². The molecule has 1 heterocycles. The molecule has 1 saturated heterocycles. The van der Waals surface area contributed by atoms with E-state index in [4.69, 9.17) is 0 Å². The van der Waals surface area contributed by atoms with Crippen LogP contribution < -0.4 is 0 Å². The fraction of sp³-hybridized carbons (Fsp3) is 0.526. The Morgan fingerprint density at radius 2 is 1.00 bits per heavy atom. The number of benzene rings is 2. The van der Waals surface area contributed by atoms with Crippen molar-refractivity contribution in [1.82, 2.24) is 0 Å². The van der Waals surface area contributed by atoms with Crippen molar-refractivity contribution in [3.8, 4) is 0 Å². The van der Waals surface area contributed by atoms with Crippen molar-refractivity contribution in [3.63, 3.8) is 0 Å². The van der Waals surface area contributed by atoms with Crippen LogP contribution in [0.15, 0.2) is 35.4 Å². The topological polar surface area (TPSA) is 0 Å². The molecule has 2 heteroatoms. The third-order valence-electron chi connectivity index (χ3n) is 8.85. The first-order valence-electron chi connectivity index (χ1n) is 15.3. The Morgan fingerprint density at radius 1 is 0.625 bits per heavy atom. The minimum Gasteiger partial charge on any atom is -0.358 e. The van der Waals surface area contributed by atoms with Gasteiger partial charge < -0.3 is 13.8 Å². The number of hydrogen-bond acceptors (Lipinski definition) is 0. The largest absolute Gasteiger partial charge is 2.00 e. The van der Waals surface area contributed by atoms with Crippen LogP contribution in [0.1, 0.15) is 162 Å². The monoisotopic (exact) mass is 586 g/mol. The van der Waals surface area contributed by atoms with Gasteiger partial charge in [0.2, 0.25) is 0 Å². The second kappa shape index (κ2) is 14.8. The maximum absolute atomic E-state index is 2.65. The van der Waals surface area contributed by atoms with E-state index in [1.54, 1.807) is 0 Å². The molecule has 0 aromatic heterocycles. The van der Waals surface area contributed by atoms with E-state index in [1.165, 1.54) is 90.1 Å². The van der Waals surface area contributed by atoms with E-state index in [0.717, 1.165) is 0 Å². The SMILES string of the molecule is C1CC[Si]C1.CC1=Cc2c(C(C)C)cc(C(C)C)cc2C1[CH-]C1C(C)=Cc2c(C(C)C)cc(C(C)C)cc21.[CH3-].[Ti+2]. The van der Waals surface area contributed by atoms with E-state index < -0.39 is 0 Å². The molecule has 1 aliphatic heterocycles. The zero-order chi connectivity index (χ0) is 27.7. The van der Waals surface area contributed by atoms with Gasteiger partial charge in [-0.15, -0.1) is 11.8 Å². The summed E-state index contributed by atoms with van der Waals surface area (Å²) in [6.07, 6.45) is 10.6. The first-order valence-corrected chi connectivity index (χ1v) is 16.7. The van der Waals surface area contributed by atoms with E-state index in [-0.39, 0.29) is 29.1 Å². The van der Waals surface area contributed by atoms with Gasteiger partial charge in [0.05, 0.1) is 0 Å². The Balaban J connectivity index is 0.000000722. The van der Waals surface area contributed by atoms with E-state index in [9.17, 15) is 0 Å². The fourth-order valence-electron chi connectivity index (χ4n) is 6.37. The van der Waals surface area contributed by atoms with Gasteiger partial charge in [-0.25, -0.2) is 0 Å². The maximum atomic E-state index is 2.65. The molecule has 0 nitrogen and oxygen atoms in total. The van der Waals surface area contributed by atoms with E-state index in [1.807, 2.05) is 0 Å². The summed E-state index contributed by atoms with van der Waals surface area (Å²) in [6.45, 7) is 23.3. The Morgan fingerprint density at radius 3 is 1.27 bits per heavy atom. The van der Waals surface area contributed by atoms with Crippen LogP contribution in [0.25, 0.3) is 12.2 Å². The van der Waals surface area contributed by atoms with E-state index in [2.05, 4.69) is 112 Å². The predicted molar refractivity (Wildman–Crippen MR) is 177 cm³/mol. The zero-order valence-corrected chi connectivity index (χ0v) is 29.9. The van der Waals surface area contributed by atoms with Crippen molar-refractivity contribution in [2.24, 2.45) is 0 Å². The van der Waals surface area contributed by atoms with Crippen LogP contribution in [0, 0.1) is 13.8 Å². The molecule has 2 aromatic carbocycles. The Bertz CT molecular complexity index is 1110. The maximum Gasteiger partial charge on any atom is 2.00 e. The van der Waals surface area contributed by atoms with Crippen LogP contribution in [-0.2, 0) is 21.7 Å². The van der Waals surface area contributed by atoms with Gasteiger partial charge in [0, 0.05) is 9.52 Å². The van der Waals surface area contributed by atoms with E-state index in [0.29, 0.717) is 35.5 Å². The Kier molecular flexibility index (Phi) is 13.0. The fourth-order valence-corrected chi connectivity index (χ4v) is 7.62. The van der Waals surface area contributed by atoms with Gasteiger partial charge in [0.1, 0.15) is 0 Å². The normalized spacial score (nSPS) is 19.1. The average Bonchev–Trinajstić information content (AvgIpc) is 3.59. The molecule has 2 aliphatic carbocycles. The predicted octanol–water partition coefficient (Wildman–Crippen LogP) is 11.9. The molecular weight excluding hydrogens is 532 g/mol. The van der Waals surface area contributed by atoms with Crippen LogP contribution in [0.3, 0.4) is 0 Å². The van der Waals surface area contributed by atoms with Crippen molar-refractivity contribution in [2.45, 2.75) is 130 Å². The van der Waals surface area contributed by atoms with Crippen molar-refractivity contribution >= 4 is 21.7 Å². The molecule has 0 N–H and O–H groups in total. The molecule has 0 bridgehead atoms.